The van der Waals surface area contributed by atoms with E-state index in [0.717, 1.165) is 60.2 Å². The van der Waals surface area contributed by atoms with E-state index in [2.05, 4.69) is 54.5 Å². The molecule has 32 heavy (non-hydrogen) atoms. The lowest BCUT2D eigenvalue weighted by Crippen LogP contribution is -2.50. The average molecular weight is 443 g/mol. The summed E-state index contributed by atoms with van der Waals surface area (Å²) in [5.41, 5.74) is 2.58. The second kappa shape index (κ2) is 9.39. The van der Waals surface area contributed by atoms with Gasteiger partial charge in [-0.25, -0.2) is 0 Å². The van der Waals surface area contributed by atoms with Crippen molar-refractivity contribution < 1.29 is 5.11 Å². The molecule has 8 atom stereocenters. The molecule has 0 amide bonds. The van der Waals surface area contributed by atoms with Crippen LogP contribution in [0.4, 0.5) is 0 Å². The van der Waals surface area contributed by atoms with Gasteiger partial charge in [0.15, 0.2) is 0 Å². The van der Waals surface area contributed by atoms with E-state index in [4.69, 9.17) is 0 Å². The maximum atomic E-state index is 10.3. The van der Waals surface area contributed by atoms with Gasteiger partial charge in [0.05, 0.1) is 6.10 Å². The Balaban J connectivity index is 1.41. The van der Waals surface area contributed by atoms with E-state index in [0.29, 0.717) is 10.8 Å². The highest BCUT2D eigenvalue weighted by molar-refractivity contribution is 5.25. The highest BCUT2D eigenvalue weighted by atomic mass is 16.3. The third-order valence-corrected chi connectivity index (χ3v) is 11.7. The zero-order valence-corrected chi connectivity index (χ0v) is 22.5. The summed E-state index contributed by atoms with van der Waals surface area (Å²) in [6.45, 7) is 17.6. The van der Waals surface area contributed by atoms with Crippen LogP contribution in [0.25, 0.3) is 0 Å². The summed E-state index contributed by atoms with van der Waals surface area (Å²) in [6.07, 6.45) is 17.2. The Bertz CT molecular complexity index is 668. The van der Waals surface area contributed by atoms with Gasteiger partial charge in [-0.05, 0) is 116 Å². The Kier molecular flexibility index (Phi) is 7.28. The molecule has 4 aliphatic rings. The van der Waals surface area contributed by atoms with Crippen LogP contribution in [0.15, 0.2) is 11.6 Å². The Hall–Kier alpha value is -0.300. The molecule has 3 fully saturated rings. The van der Waals surface area contributed by atoms with Crippen LogP contribution in [-0.4, -0.2) is 11.2 Å². The van der Waals surface area contributed by atoms with Crippen molar-refractivity contribution in [3.8, 4) is 0 Å². The Morgan fingerprint density at radius 1 is 0.906 bits per heavy atom. The van der Waals surface area contributed by atoms with Gasteiger partial charge in [0.2, 0.25) is 0 Å². The predicted octanol–water partition coefficient (Wildman–Crippen LogP) is 8.66. The second-order valence-electron chi connectivity index (χ2n) is 13.9. The normalized spacial score (nSPS) is 42.6. The molecule has 0 unspecified atom stereocenters. The van der Waals surface area contributed by atoms with Crippen molar-refractivity contribution in [2.24, 2.45) is 58.2 Å². The van der Waals surface area contributed by atoms with E-state index in [-0.39, 0.29) is 6.10 Å². The van der Waals surface area contributed by atoms with Crippen molar-refractivity contribution in [3.63, 3.8) is 0 Å². The smallest absolute Gasteiger partial charge is 0.0577 e. The Labute approximate surface area is 200 Å². The zero-order chi connectivity index (χ0) is 23.3. The van der Waals surface area contributed by atoms with Gasteiger partial charge in [-0.1, -0.05) is 73.0 Å². The molecular formula is C31H54O. The molecular weight excluding hydrogens is 388 g/mol. The molecule has 184 valence electrons. The minimum Gasteiger partial charge on any atom is -0.393 e. The molecule has 0 radical (unpaired) electrons. The van der Waals surface area contributed by atoms with Gasteiger partial charge in [0, 0.05) is 0 Å². The monoisotopic (exact) mass is 442 g/mol. The molecule has 0 spiro atoms. The molecule has 0 saturated heterocycles. The van der Waals surface area contributed by atoms with Crippen LogP contribution in [0.3, 0.4) is 0 Å². The van der Waals surface area contributed by atoms with Gasteiger partial charge in [0.1, 0.15) is 0 Å². The van der Waals surface area contributed by atoms with Gasteiger partial charge >= 0.3 is 0 Å². The fourth-order valence-electron chi connectivity index (χ4n) is 9.93. The van der Waals surface area contributed by atoms with E-state index in [1.165, 1.54) is 57.8 Å². The summed E-state index contributed by atoms with van der Waals surface area (Å²) < 4.78 is 0. The molecule has 0 bridgehead atoms. The van der Waals surface area contributed by atoms with Crippen molar-refractivity contribution in [2.75, 3.05) is 0 Å². The summed E-state index contributed by atoms with van der Waals surface area (Å²) in [4.78, 5) is 0. The lowest BCUT2D eigenvalue weighted by atomic mass is 9.47. The Morgan fingerprint density at radius 3 is 2.31 bits per heavy atom. The molecule has 0 heterocycles. The number of rotatable bonds is 7. The summed E-state index contributed by atoms with van der Waals surface area (Å²) in [6, 6.07) is 0. The van der Waals surface area contributed by atoms with Crippen molar-refractivity contribution in [2.45, 2.75) is 125 Å². The highest BCUT2D eigenvalue weighted by Gasteiger charge is 2.59. The number of hydrogen-bond donors (Lipinski definition) is 1. The van der Waals surface area contributed by atoms with Crippen LogP contribution < -0.4 is 0 Å². The second-order valence-corrected chi connectivity index (χ2v) is 13.9. The first-order chi connectivity index (χ1) is 15.1. The summed E-state index contributed by atoms with van der Waals surface area (Å²) in [7, 11) is 0. The first-order valence-electron chi connectivity index (χ1n) is 14.5. The lowest BCUT2D eigenvalue weighted by Gasteiger charge is -2.58. The third kappa shape index (κ3) is 4.27. The lowest BCUT2D eigenvalue weighted by molar-refractivity contribution is -0.0573. The fraction of sp³-hybridized carbons (Fsp3) is 0.935. The van der Waals surface area contributed by atoms with Crippen molar-refractivity contribution in [1.29, 1.82) is 0 Å². The van der Waals surface area contributed by atoms with Gasteiger partial charge in [-0.15, -0.1) is 0 Å². The molecule has 0 aromatic carbocycles. The minimum absolute atomic E-state index is 0.0811. The minimum atomic E-state index is -0.0811. The predicted molar refractivity (Wildman–Crippen MR) is 137 cm³/mol. The van der Waals surface area contributed by atoms with E-state index in [1.54, 1.807) is 5.57 Å². The number of hydrogen-bond acceptors (Lipinski definition) is 1. The number of fused-ring (bicyclic) bond motifs is 5. The van der Waals surface area contributed by atoms with Crippen LogP contribution in [0.5, 0.6) is 0 Å². The molecule has 1 heteroatoms. The molecule has 1 nitrogen and oxygen atoms in total. The van der Waals surface area contributed by atoms with Crippen LogP contribution in [0.2, 0.25) is 0 Å². The van der Waals surface area contributed by atoms with Crippen molar-refractivity contribution >= 4 is 0 Å². The van der Waals surface area contributed by atoms with Crippen LogP contribution in [0, 0.1) is 58.2 Å². The largest absolute Gasteiger partial charge is 0.393 e. The number of aliphatic hydroxyl groups excluding tert-OH is 1. The van der Waals surface area contributed by atoms with E-state index < -0.39 is 0 Å². The molecule has 4 rings (SSSR count). The van der Waals surface area contributed by atoms with Gasteiger partial charge in [-0.3, -0.25) is 0 Å². The van der Waals surface area contributed by atoms with Crippen molar-refractivity contribution in [3.05, 3.63) is 11.6 Å². The Morgan fingerprint density at radius 2 is 1.62 bits per heavy atom. The maximum Gasteiger partial charge on any atom is 0.0577 e. The summed E-state index contributed by atoms with van der Waals surface area (Å²) in [5, 5.41) is 10.3. The number of aliphatic hydroxyl groups is 1. The first-order valence-corrected chi connectivity index (χ1v) is 14.5. The summed E-state index contributed by atoms with van der Waals surface area (Å²) in [5.74, 6) is 7.08. The highest BCUT2D eigenvalue weighted by Crippen LogP contribution is 2.67. The topological polar surface area (TPSA) is 20.2 Å². The van der Waals surface area contributed by atoms with Crippen LogP contribution in [-0.2, 0) is 0 Å². The third-order valence-electron chi connectivity index (χ3n) is 11.7. The quantitative estimate of drug-likeness (QED) is 0.391. The molecule has 1 N–H and O–H groups in total. The summed E-state index contributed by atoms with van der Waals surface area (Å²) >= 11 is 0. The molecule has 3 saturated carbocycles. The van der Waals surface area contributed by atoms with E-state index >= 15 is 0 Å². The zero-order valence-electron chi connectivity index (χ0n) is 22.5. The molecule has 4 aliphatic carbocycles. The number of allylic oxidation sites excluding steroid dienone is 1. The van der Waals surface area contributed by atoms with E-state index in [1.807, 2.05) is 0 Å². The van der Waals surface area contributed by atoms with E-state index in [9.17, 15) is 5.11 Å². The molecule has 0 aromatic rings. The van der Waals surface area contributed by atoms with Gasteiger partial charge in [0.25, 0.3) is 0 Å². The van der Waals surface area contributed by atoms with Gasteiger partial charge in [-0.2, -0.15) is 0 Å². The standard InChI is InChI=1S/C31H54O/c1-20(2)25(21(3)4)10-8-9-22(5)27-13-14-28-26-12-11-23-19-24(32)15-17-30(23,6)29(26)16-18-31(27,28)7/h11,20-22,24-29,32H,8-10,12-19H2,1-7H3/t22-,24+,26+,27-,28+,29+,30+,31-/m1/s1. The first kappa shape index (κ1) is 24.8. The fourth-order valence-corrected chi connectivity index (χ4v) is 9.93. The maximum absolute atomic E-state index is 10.3. The molecule has 0 aliphatic heterocycles. The SMILES string of the molecule is CC(C)C(CCC[C@@H](C)[C@H]1CC[C@H]2[C@@H]3CC=C4C[C@@H](O)CC[C@]4(C)[C@H]3CC[C@]12C)C(C)C. The molecule has 0 aromatic heterocycles. The van der Waals surface area contributed by atoms with Crippen LogP contribution >= 0.6 is 0 Å². The van der Waals surface area contributed by atoms with Gasteiger partial charge < -0.3 is 5.11 Å². The average Bonchev–Trinajstić information content (AvgIpc) is 3.08. The van der Waals surface area contributed by atoms with Crippen molar-refractivity contribution in [1.82, 2.24) is 0 Å². The van der Waals surface area contributed by atoms with Crippen LogP contribution in [0.1, 0.15) is 119 Å².